The Morgan fingerprint density at radius 3 is 2.63 bits per heavy atom. The fourth-order valence-corrected chi connectivity index (χ4v) is 1.43. The molecule has 0 bridgehead atoms. The van der Waals surface area contributed by atoms with E-state index in [1.54, 1.807) is 26.1 Å². The van der Waals surface area contributed by atoms with Gasteiger partial charge in [-0.15, -0.1) is 0 Å². The van der Waals surface area contributed by atoms with Crippen LogP contribution in [0.3, 0.4) is 0 Å². The third-order valence-corrected chi connectivity index (χ3v) is 2.85. The van der Waals surface area contributed by atoms with Crippen LogP contribution in [0.5, 0.6) is 0 Å². The summed E-state index contributed by atoms with van der Waals surface area (Å²) in [7, 11) is 1.65. The van der Waals surface area contributed by atoms with Crippen molar-refractivity contribution in [2.75, 3.05) is 18.5 Å². The van der Waals surface area contributed by atoms with Gasteiger partial charge in [0.05, 0.1) is 5.56 Å². The molecule has 2 N–H and O–H groups in total. The number of aliphatic carboxylic acids is 1. The van der Waals surface area contributed by atoms with Gasteiger partial charge in [0.25, 0.3) is 5.91 Å². The summed E-state index contributed by atoms with van der Waals surface area (Å²) >= 11 is 0. The molecule has 0 aliphatic carbocycles. The predicted molar refractivity (Wildman–Crippen MR) is 72.4 cm³/mol. The quantitative estimate of drug-likeness (QED) is 0.805. The normalized spacial score (nSPS) is 11.7. The number of carboxylic acid groups (broad SMARTS) is 1. The Labute approximate surface area is 112 Å². The lowest BCUT2D eigenvalue weighted by Gasteiger charge is -2.22. The molecule has 0 aliphatic heterocycles. The number of aromatic nitrogens is 1. The highest BCUT2D eigenvalue weighted by atomic mass is 16.4. The summed E-state index contributed by atoms with van der Waals surface area (Å²) in [5.41, 5.74) is 0.466. The van der Waals surface area contributed by atoms with Gasteiger partial charge in [-0.1, -0.05) is 6.92 Å². The lowest BCUT2D eigenvalue weighted by atomic mass is 10.2. The summed E-state index contributed by atoms with van der Waals surface area (Å²) in [5, 5.41) is 11.7. The number of hydrogen-bond acceptors (Lipinski definition) is 4. The van der Waals surface area contributed by atoms with E-state index in [-0.39, 0.29) is 5.91 Å². The maximum absolute atomic E-state index is 11.7. The Bertz CT molecular complexity index is 445. The second-order valence-electron chi connectivity index (χ2n) is 4.29. The molecule has 6 heteroatoms. The van der Waals surface area contributed by atoms with Crippen LogP contribution < -0.4 is 10.2 Å². The van der Waals surface area contributed by atoms with Crippen LogP contribution in [0.15, 0.2) is 18.3 Å². The van der Waals surface area contributed by atoms with E-state index in [0.717, 1.165) is 6.42 Å². The molecule has 1 amide bonds. The maximum atomic E-state index is 11.7. The molecule has 1 aromatic heterocycles. The molecule has 0 saturated heterocycles. The van der Waals surface area contributed by atoms with E-state index in [1.807, 2.05) is 6.92 Å². The van der Waals surface area contributed by atoms with Crippen LogP contribution >= 0.6 is 0 Å². The van der Waals surface area contributed by atoms with Crippen molar-refractivity contribution in [2.45, 2.75) is 26.3 Å². The van der Waals surface area contributed by atoms with E-state index in [4.69, 9.17) is 5.11 Å². The van der Waals surface area contributed by atoms with E-state index in [2.05, 4.69) is 10.3 Å². The number of nitrogens with zero attached hydrogens (tertiary/aromatic N) is 2. The van der Waals surface area contributed by atoms with Crippen molar-refractivity contribution in [1.29, 1.82) is 0 Å². The number of amides is 1. The van der Waals surface area contributed by atoms with E-state index in [1.165, 1.54) is 11.1 Å². The van der Waals surface area contributed by atoms with Gasteiger partial charge in [-0.25, -0.2) is 9.78 Å². The van der Waals surface area contributed by atoms with Gasteiger partial charge >= 0.3 is 5.97 Å². The molecule has 0 spiro atoms. The summed E-state index contributed by atoms with van der Waals surface area (Å²) in [6, 6.07) is 2.60. The van der Waals surface area contributed by atoms with Crippen molar-refractivity contribution in [1.82, 2.24) is 10.3 Å². The van der Waals surface area contributed by atoms with Crippen molar-refractivity contribution >= 4 is 17.7 Å². The highest BCUT2D eigenvalue weighted by Gasteiger charge is 2.18. The summed E-state index contributed by atoms with van der Waals surface area (Å²) in [4.78, 5) is 28.2. The molecule has 19 heavy (non-hydrogen) atoms. The van der Waals surface area contributed by atoms with Gasteiger partial charge in [0, 0.05) is 19.8 Å². The highest BCUT2D eigenvalue weighted by molar-refractivity contribution is 5.94. The summed E-state index contributed by atoms with van der Waals surface area (Å²) in [5.74, 6) is -0.578. The largest absolute Gasteiger partial charge is 0.480 e. The minimum absolute atomic E-state index is 0.171. The molecular weight excluding hydrogens is 246 g/mol. The van der Waals surface area contributed by atoms with Crippen LogP contribution in [-0.2, 0) is 4.79 Å². The summed E-state index contributed by atoms with van der Waals surface area (Å²) in [6.07, 6.45) is 2.32. The van der Waals surface area contributed by atoms with Gasteiger partial charge in [0.2, 0.25) is 0 Å². The molecule has 6 nitrogen and oxygen atoms in total. The summed E-state index contributed by atoms with van der Waals surface area (Å²) in [6.45, 7) is 4.17. The Kier molecular flexibility index (Phi) is 5.29. The molecule has 0 aliphatic rings. The van der Waals surface area contributed by atoms with Crippen LogP contribution in [0.25, 0.3) is 0 Å². The maximum Gasteiger partial charge on any atom is 0.326 e. The van der Waals surface area contributed by atoms with Gasteiger partial charge < -0.3 is 15.3 Å². The van der Waals surface area contributed by atoms with Crippen molar-refractivity contribution in [2.24, 2.45) is 0 Å². The zero-order valence-electron chi connectivity index (χ0n) is 11.4. The number of pyridine rings is 1. The molecule has 0 radical (unpaired) electrons. The molecule has 1 unspecified atom stereocenters. The van der Waals surface area contributed by atoms with Gasteiger partial charge in [0.1, 0.15) is 11.9 Å². The Morgan fingerprint density at radius 2 is 2.16 bits per heavy atom. The second-order valence-corrected chi connectivity index (χ2v) is 4.29. The smallest absolute Gasteiger partial charge is 0.326 e. The summed E-state index contributed by atoms with van der Waals surface area (Å²) < 4.78 is 0. The fourth-order valence-electron chi connectivity index (χ4n) is 1.43. The van der Waals surface area contributed by atoms with E-state index in [9.17, 15) is 9.59 Å². The number of anilines is 1. The van der Waals surface area contributed by atoms with Gasteiger partial charge in [-0.2, -0.15) is 0 Å². The zero-order valence-corrected chi connectivity index (χ0v) is 11.4. The van der Waals surface area contributed by atoms with Crippen LogP contribution in [-0.4, -0.2) is 41.6 Å². The number of carbonyl (C=O) groups excluding carboxylic acids is 1. The molecule has 1 atom stereocenters. The second kappa shape index (κ2) is 6.72. The number of likely N-dealkylation sites (N-methyl/N-ethyl adjacent to an activating group) is 1. The fraction of sp³-hybridized carbons (Fsp3) is 0.462. The molecule has 0 fully saturated rings. The first-order valence-corrected chi connectivity index (χ1v) is 6.17. The Hall–Kier alpha value is -2.11. The van der Waals surface area contributed by atoms with Crippen LogP contribution in [0.4, 0.5) is 5.82 Å². The van der Waals surface area contributed by atoms with Crippen molar-refractivity contribution < 1.29 is 14.7 Å². The predicted octanol–water partition coefficient (Wildman–Crippen LogP) is 1.13. The molecule has 0 aromatic carbocycles. The monoisotopic (exact) mass is 265 g/mol. The third kappa shape index (κ3) is 3.94. The Balaban J connectivity index is 2.76. The molecule has 1 heterocycles. The first kappa shape index (κ1) is 14.9. The number of nitrogens with one attached hydrogen (secondary N) is 1. The third-order valence-electron chi connectivity index (χ3n) is 2.85. The molecular formula is C13H19N3O3. The average molecular weight is 265 g/mol. The molecule has 1 rings (SSSR count). The minimum Gasteiger partial charge on any atom is -0.480 e. The number of rotatable bonds is 6. The highest BCUT2D eigenvalue weighted by Crippen LogP contribution is 2.12. The van der Waals surface area contributed by atoms with Gasteiger partial charge in [0.15, 0.2) is 0 Å². The number of carbonyl (C=O) groups is 2. The standard InChI is InChI=1S/C13H19N3O3/c1-4-7-14-12(17)10-5-6-11(15-8-10)16(3)9(2)13(18)19/h5-6,8-9H,4,7H2,1-3H3,(H,14,17)(H,18,19). The van der Waals surface area contributed by atoms with Gasteiger partial charge in [-0.3, -0.25) is 4.79 Å². The van der Waals surface area contributed by atoms with E-state index in [0.29, 0.717) is 17.9 Å². The number of carboxylic acids is 1. The van der Waals surface area contributed by atoms with Crippen molar-refractivity contribution in [3.8, 4) is 0 Å². The van der Waals surface area contributed by atoms with E-state index < -0.39 is 12.0 Å². The first-order chi connectivity index (χ1) is 8.97. The lowest BCUT2D eigenvalue weighted by molar-refractivity contribution is -0.138. The van der Waals surface area contributed by atoms with Crippen molar-refractivity contribution in [3.05, 3.63) is 23.9 Å². The zero-order chi connectivity index (χ0) is 14.4. The first-order valence-electron chi connectivity index (χ1n) is 6.17. The minimum atomic E-state index is -0.922. The average Bonchev–Trinajstić information content (AvgIpc) is 2.43. The van der Waals surface area contributed by atoms with Gasteiger partial charge in [-0.05, 0) is 25.5 Å². The lowest BCUT2D eigenvalue weighted by Crippen LogP contribution is -2.36. The SMILES string of the molecule is CCCNC(=O)c1ccc(N(C)C(C)C(=O)O)nc1. The topological polar surface area (TPSA) is 82.5 Å². The molecule has 0 saturated carbocycles. The van der Waals surface area contributed by atoms with Crippen LogP contribution in [0, 0.1) is 0 Å². The van der Waals surface area contributed by atoms with Crippen LogP contribution in [0.2, 0.25) is 0 Å². The van der Waals surface area contributed by atoms with Crippen molar-refractivity contribution in [3.63, 3.8) is 0 Å². The molecule has 104 valence electrons. The molecule has 1 aromatic rings. The Morgan fingerprint density at radius 1 is 1.47 bits per heavy atom. The number of hydrogen-bond donors (Lipinski definition) is 2. The van der Waals surface area contributed by atoms with E-state index >= 15 is 0 Å². The van der Waals surface area contributed by atoms with Crippen LogP contribution in [0.1, 0.15) is 30.6 Å².